The highest BCUT2D eigenvalue weighted by atomic mass is 16.5. The Kier molecular flexibility index (Phi) is 10.3. The van der Waals surface area contributed by atoms with Crippen LogP contribution in [0.3, 0.4) is 0 Å². The van der Waals surface area contributed by atoms with Crippen molar-refractivity contribution in [1.29, 1.82) is 0 Å². The molecule has 0 radical (unpaired) electrons. The summed E-state index contributed by atoms with van der Waals surface area (Å²) < 4.78 is 17.8. The van der Waals surface area contributed by atoms with Crippen LogP contribution in [0.25, 0.3) is 10.4 Å². The maximum Gasteiger partial charge on any atom is 0.252 e. The molecule has 10 heteroatoms. The Balaban J connectivity index is 1.57. The molecule has 2 atom stereocenters. The fourth-order valence-corrected chi connectivity index (χ4v) is 5.30. The number of aliphatic imine (C=N–C) groups is 1. The molecule has 1 aliphatic rings. The average molecular weight is 606 g/mol. The van der Waals surface area contributed by atoms with Gasteiger partial charge in [0.15, 0.2) is 11.6 Å². The van der Waals surface area contributed by atoms with E-state index in [1.165, 1.54) is 0 Å². The molecule has 2 N–H and O–H groups in total. The molecule has 230 valence electrons. The molecule has 0 saturated carbocycles. The predicted molar refractivity (Wildman–Crippen MR) is 172 cm³/mol. The molecule has 1 heterocycles. The van der Waals surface area contributed by atoms with Gasteiger partial charge >= 0.3 is 0 Å². The Hall–Kier alpha value is -5.31. The van der Waals surface area contributed by atoms with Crippen molar-refractivity contribution in [2.24, 2.45) is 10.1 Å². The molecule has 0 unspecified atom stereocenters. The highest BCUT2D eigenvalue weighted by Crippen LogP contribution is 2.44. The molecule has 0 spiro atoms. The van der Waals surface area contributed by atoms with Gasteiger partial charge in [-0.15, -0.1) is 0 Å². The van der Waals surface area contributed by atoms with Crippen LogP contribution in [-0.2, 0) is 22.4 Å². The molecule has 4 aromatic rings. The number of ether oxygens (including phenoxy) is 3. The zero-order valence-electron chi connectivity index (χ0n) is 25.0. The van der Waals surface area contributed by atoms with E-state index in [9.17, 15) is 10.3 Å². The van der Waals surface area contributed by atoms with Crippen molar-refractivity contribution in [3.05, 3.63) is 136 Å². The number of rotatable bonds is 14. The summed E-state index contributed by atoms with van der Waals surface area (Å²) in [5, 5.41) is 16.1. The monoisotopic (exact) mass is 605 g/mol. The third-order valence-electron chi connectivity index (χ3n) is 7.57. The fraction of sp³-hybridized carbons (Fsp3) is 0.257. The molecule has 0 fully saturated rings. The Bertz CT molecular complexity index is 1670. The van der Waals surface area contributed by atoms with Gasteiger partial charge in [0, 0.05) is 42.2 Å². The molecule has 0 bridgehead atoms. The molecular weight excluding hydrogens is 570 g/mol. The van der Waals surface area contributed by atoms with Gasteiger partial charge in [0.05, 0.1) is 13.7 Å². The summed E-state index contributed by atoms with van der Waals surface area (Å²) in [5.74, 6) is 1.23. The van der Waals surface area contributed by atoms with Crippen molar-refractivity contribution in [2.75, 3.05) is 26.9 Å². The topological polar surface area (TPSA) is 138 Å². The van der Waals surface area contributed by atoms with E-state index in [0.717, 1.165) is 5.56 Å². The minimum absolute atomic E-state index is 0.0483. The molecular formula is C35H35N5O5. The summed E-state index contributed by atoms with van der Waals surface area (Å²) in [4.78, 5) is 22.5. The van der Waals surface area contributed by atoms with Crippen LogP contribution in [0.2, 0.25) is 0 Å². The van der Waals surface area contributed by atoms with Crippen LogP contribution in [0.15, 0.2) is 113 Å². The summed E-state index contributed by atoms with van der Waals surface area (Å²) in [7, 11) is 1.58. The number of nitrogens with one attached hydrogen (secondary N) is 1. The Morgan fingerprint density at radius 1 is 1.02 bits per heavy atom. The first-order valence-electron chi connectivity index (χ1n) is 14.8. The van der Waals surface area contributed by atoms with E-state index >= 15 is 0 Å². The number of hydrogen-bond donors (Lipinski definition) is 2. The molecule has 10 nitrogen and oxygen atoms in total. The maximum atomic E-state index is 14.5. The van der Waals surface area contributed by atoms with E-state index in [1.807, 2.05) is 78.9 Å². The Morgan fingerprint density at radius 2 is 1.80 bits per heavy atom. The highest BCUT2D eigenvalue weighted by molar-refractivity contribution is 6.01. The van der Waals surface area contributed by atoms with E-state index in [2.05, 4.69) is 15.3 Å². The lowest BCUT2D eigenvalue weighted by Gasteiger charge is -2.31. The van der Waals surface area contributed by atoms with Crippen LogP contribution in [0, 0.1) is 0 Å². The van der Waals surface area contributed by atoms with E-state index in [1.54, 1.807) is 31.4 Å². The third-order valence-corrected chi connectivity index (χ3v) is 7.57. The number of azide groups is 1. The molecule has 0 aromatic heterocycles. The first-order chi connectivity index (χ1) is 22.1. The molecule has 4 aromatic carbocycles. The van der Waals surface area contributed by atoms with E-state index in [0.29, 0.717) is 65.8 Å². The maximum absolute atomic E-state index is 14.5. The molecule has 45 heavy (non-hydrogen) atoms. The van der Waals surface area contributed by atoms with Gasteiger partial charge in [0.1, 0.15) is 11.5 Å². The number of aliphatic hydroxyl groups is 1. The zero-order valence-corrected chi connectivity index (χ0v) is 25.0. The first kappa shape index (κ1) is 31.1. The van der Waals surface area contributed by atoms with Crippen molar-refractivity contribution in [2.45, 2.75) is 30.9 Å². The quantitative estimate of drug-likeness (QED) is 0.0757. The second-order valence-electron chi connectivity index (χ2n) is 10.6. The molecule has 1 amide bonds. The zero-order chi connectivity index (χ0) is 31.5. The largest absolute Gasteiger partial charge is 0.497 e. The van der Waals surface area contributed by atoms with Crippen LogP contribution in [-0.4, -0.2) is 49.3 Å². The van der Waals surface area contributed by atoms with Gasteiger partial charge in [-0.3, -0.25) is 4.79 Å². The number of aliphatic hydroxyl groups excluding tert-OH is 1. The second kappa shape index (κ2) is 14.9. The molecule has 5 rings (SSSR count). The smallest absolute Gasteiger partial charge is 0.252 e. The number of hydrogen-bond acceptors (Lipinski definition) is 7. The van der Waals surface area contributed by atoms with Crippen molar-refractivity contribution < 1.29 is 24.1 Å². The van der Waals surface area contributed by atoms with Gasteiger partial charge in [0.2, 0.25) is 5.90 Å². The lowest BCUT2D eigenvalue weighted by Crippen LogP contribution is -2.50. The third kappa shape index (κ3) is 7.44. The Morgan fingerprint density at radius 3 is 2.56 bits per heavy atom. The van der Waals surface area contributed by atoms with E-state index < -0.39 is 11.6 Å². The predicted octanol–water partition coefficient (Wildman–Crippen LogP) is 6.26. The summed E-state index contributed by atoms with van der Waals surface area (Å²) in [6.07, 6.45) is 0.433. The van der Waals surface area contributed by atoms with E-state index in [-0.39, 0.29) is 18.9 Å². The van der Waals surface area contributed by atoms with Gasteiger partial charge in [-0.25, -0.2) is 4.99 Å². The van der Waals surface area contributed by atoms with Gasteiger partial charge in [-0.05, 0) is 65.0 Å². The lowest BCUT2D eigenvalue weighted by atomic mass is 9.81. The van der Waals surface area contributed by atoms with Gasteiger partial charge in [-0.1, -0.05) is 71.8 Å². The average Bonchev–Trinajstić information content (AvgIpc) is 3.47. The SMILES string of the molecule is COc1cccc([C@H]2OC(c3ccc(OCCCO)cc3)=N[C@@]2(Cc2ccccc2N=[N+]=[N-])C(=O)NCCc2ccccc2)c1. The minimum atomic E-state index is -1.46. The van der Waals surface area contributed by atoms with Crippen molar-refractivity contribution in [3.8, 4) is 11.5 Å². The van der Waals surface area contributed by atoms with Crippen LogP contribution < -0.4 is 14.8 Å². The van der Waals surface area contributed by atoms with Crippen molar-refractivity contribution >= 4 is 17.5 Å². The lowest BCUT2D eigenvalue weighted by molar-refractivity contribution is -0.128. The Labute approximate surface area is 261 Å². The van der Waals surface area contributed by atoms with Crippen LogP contribution in [0.1, 0.15) is 34.8 Å². The second-order valence-corrected chi connectivity index (χ2v) is 10.6. The molecule has 0 saturated heterocycles. The number of carbonyl (C=O) groups excluding carboxylic acids is 1. The standard InChI is InChI=1S/C35H35N5O5/c1-43-30-13-7-12-27(23-30)32-35(24-28-11-5-6-14-31(28)39-40-36,34(42)37-20-19-25-9-3-2-4-10-25)38-33(45-32)26-15-17-29(18-16-26)44-22-8-21-41/h2-7,9-18,23,32,41H,8,19-22,24H2,1H3,(H,37,42)/t32-,35-/m1/s1. The summed E-state index contributed by atoms with van der Waals surface area (Å²) in [6, 6.07) is 31.7. The number of amides is 1. The molecule has 1 aliphatic heterocycles. The van der Waals surface area contributed by atoms with Crippen LogP contribution in [0.5, 0.6) is 11.5 Å². The number of methoxy groups -OCH3 is 1. The fourth-order valence-electron chi connectivity index (χ4n) is 5.30. The highest BCUT2D eigenvalue weighted by Gasteiger charge is 2.53. The number of nitrogens with zero attached hydrogens (tertiary/aromatic N) is 4. The van der Waals surface area contributed by atoms with Crippen LogP contribution in [0.4, 0.5) is 5.69 Å². The summed E-state index contributed by atoms with van der Waals surface area (Å²) in [6.45, 7) is 0.826. The summed E-state index contributed by atoms with van der Waals surface area (Å²) in [5.41, 5.74) is 11.3. The normalized spacial score (nSPS) is 17.0. The molecule has 0 aliphatic carbocycles. The van der Waals surface area contributed by atoms with Crippen molar-refractivity contribution in [3.63, 3.8) is 0 Å². The summed E-state index contributed by atoms with van der Waals surface area (Å²) >= 11 is 0. The van der Waals surface area contributed by atoms with Gasteiger partial charge < -0.3 is 24.6 Å². The van der Waals surface area contributed by atoms with Crippen LogP contribution >= 0.6 is 0 Å². The number of benzene rings is 4. The van der Waals surface area contributed by atoms with E-state index in [4.69, 9.17) is 24.3 Å². The minimum Gasteiger partial charge on any atom is -0.497 e. The number of carbonyl (C=O) groups is 1. The van der Waals surface area contributed by atoms with Gasteiger partial charge in [0.25, 0.3) is 5.91 Å². The van der Waals surface area contributed by atoms with Gasteiger partial charge in [-0.2, -0.15) is 0 Å². The first-order valence-corrected chi connectivity index (χ1v) is 14.8. The van der Waals surface area contributed by atoms with Crippen molar-refractivity contribution in [1.82, 2.24) is 5.32 Å².